The second-order valence-corrected chi connectivity index (χ2v) is 7.90. The number of fused-ring (bicyclic) bond motifs is 1. The Balaban J connectivity index is 1.79. The first-order valence-corrected chi connectivity index (χ1v) is 10.9. The molecular weight excluding hydrogens is 442 g/mol. The van der Waals surface area contributed by atoms with Crippen molar-refractivity contribution in [3.63, 3.8) is 0 Å². The largest absolute Gasteiger partial charge is 0.508 e. The third-order valence-corrected chi connectivity index (χ3v) is 5.96. The Bertz CT molecular complexity index is 1120. The molecule has 0 aromatic heterocycles. The van der Waals surface area contributed by atoms with E-state index in [0.29, 0.717) is 54.5 Å². The predicted molar refractivity (Wildman–Crippen MR) is 122 cm³/mol. The maximum Gasteiger partial charge on any atom is 0.306 e. The van der Waals surface area contributed by atoms with E-state index >= 15 is 0 Å². The van der Waals surface area contributed by atoms with Crippen molar-refractivity contribution in [1.82, 2.24) is 4.90 Å². The number of ether oxygens (including phenoxy) is 5. The number of Topliss-reactive ketones (excluding diaryl/α,β-unsaturated/α-hetero) is 1. The van der Waals surface area contributed by atoms with Crippen molar-refractivity contribution >= 4 is 11.8 Å². The van der Waals surface area contributed by atoms with Gasteiger partial charge in [-0.25, -0.2) is 0 Å². The number of hydrogen-bond acceptors (Lipinski definition) is 9. The van der Waals surface area contributed by atoms with Crippen LogP contribution in [0.3, 0.4) is 0 Å². The Labute approximate surface area is 197 Å². The minimum absolute atomic E-state index is 0.0872. The smallest absolute Gasteiger partial charge is 0.306 e. The third-order valence-electron chi connectivity index (χ3n) is 5.96. The average molecular weight is 469 g/mol. The Hall–Kier alpha value is -3.72. The van der Waals surface area contributed by atoms with Crippen LogP contribution < -0.4 is 14.2 Å². The lowest BCUT2D eigenvalue weighted by molar-refractivity contribution is -0.140. The fourth-order valence-electron chi connectivity index (χ4n) is 4.17. The number of rotatable bonds is 7. The van der Waals surface area contributed by atoms with Crippen LogP contribution in [0.25, 0.3) is 0 Å². The minimum atomic E-state index is -0.669. The van der Waals surface area contributed by atoms with Gasteiger partial charge in [0.15, 0.2) is 17.3 Å². The van der Waals surface area contributed by atoms with Gasteiger partial charge < -0.3 is 33.7 Å². The van der Waals surface area contributed by atoms with E-state index in [1.54, 1.807) is 24.4 Å². The number of methoxy groups -OCH3 is 3. The number of phenols is 1. The van der Waals surface area contributed by atoms with Gasteiger partial charge in [0.25, 0.3) is 0 Å². The average Bonchev–Trinajstić information content (AvgIpc) is 3.17. The lowest BCUT2D eigenvalue weighted by Crippen LogP contribution is -2.32. The molecule has 2 heterocycles. The van der Waals surface area contributed by atoms with Gasteiger partial charge in [0.05, 0.1) is 46.5 Å². The van der Waals surface area contributed by atoms with Crippen LogP contribution in [0.4, 0.5) is 0 Å². The number of carbonyl (C=O) groups is 2. The molecule has 1 N–H and O–H groups in total. The molecule has 9 heteroatoms. The number of benzene rings is 2. The molecular formula is C25H27NO8. The lowest BCUT2D eigenvalue weighted by atomic mass is 9.86. The summed E-state index contributed by atoms with van der Waals surface area (Å²) < 4.78 is 27.0. The monoisotopic (exact) mass is 469 g/mol. The zero-order chi connectivity index (χ0) is 24.2. The molecule has 0 amide bonds. The van der Waals surface area contributed by atoms with Crippen LogP contribution in [0, 0.1) is 0 Å². The SMILES string of the molecule is COC(=O)CC(c1ccc(OC)c(OC)c1)c1c(O)ccc2c1O/C(=C\N1CCOCC1)C2=O. The predicted octanol–water partition coefficient (Wildman–Crippen LogP) is 2.85. The topological polar surface area (TPSA) is 104 Å². The van der Waals surface area contributed by atoms with Crippen LogP contribution in [0.2, 0.25) is 0 Å². The Kier molecular flexibility index (Phi) is 6.93. The third kappa shape index (κ3) is 4.51. The highest BCUT2D eigenvalue weighted by atomic mass is 16.5. The maximum atomic E-state index is 13.1. The molecule has 1 saturated heterocycles. The van der Waals surface area contributed by atoms with Crippen LogP contribution in [-0.4, -0.2) is 69.4 Å². The van der Waals surface area contributed by atoms with Gasteiger partial charge in [-0.3, -0.25) is 9.59 Å². The van der Waals surface area contributed by atoms with Crippen molar-refractivity contribution in [2.45, 2.75) is 12.3 Å². The number of hydrogen-bond donors (Lipinski definition) is 1. The summed E-state index contributed by atoms with van der Waals surface area (Å²) in [5.41, 5.74) is 1.31. The second kappa shape index (κ2) is 10.0. The van der Waals surface area contributed by atoms with Crippen molar-refractivity contribution in [2.75, 3.05) is 47.6 Å². The fraction of sp³-hybridized carbons (Fsp3) is 0.360. The second-order valence-electron chi connectivity index (χ2n) is 7.90. The normalized spacial score (nSPS) is 17.2. The number of carbonyl (C=O) groups excluding carboxylic acids is 2. The fourth-order valence-corrected chi connectivity index (χ4v) is 4.17. The summed E-state index contributed by atoms with van der Waals surface area (Å²) in [6.07, 6.45) is 1.59. The molecule has 2 aromatic rings. The highest BCUT2D eigenvalue weighted by Gasteiger charge is 2.36. The Morgan fingerprint density at radius 1 is 1.12 bits per heavy atom. The quantitative estimate of drug-likeness (QED) is 0.484. The van der Waals surface area contributed by atoms with Gasteiger partial charge in [0.1, 0.15) is 11.5 Å². The molecule has 2 aromatic carbocycles. The molecule has 180 valence electrons. The number of ketones is 1. The van der Waals surface area contributed by atoms with Gasteiger partial charge in [-0.1, -0.05) is 6.07 Å². The maximum absolute atomic E-state index is 13.1. The zero-order valence-corrected chi connectivity index (χ0v) is 19.3. The summed E-state index contributed by atoms with van der Waals surface area (Å²) in [5, 5.41) is 10.9. The highest BCUT2D eigenvalue weighted by molar-refractivity contribution is 6.12. The van der Waals surface area contributed by atoms with Gasteiger partial charge >= 0.3 is 5.97 Å². The molecule has 2 aliphatic heterocycles. The van der Waals surface area contributed by atoms with E-state index in [4.69, 9.17) is 23.7 Å². The van der Waals surface area contributed by atoms with Gasteiger partial charge in [-0.05, 0) is 29.8 Å². The first-order chi connectivity index (χ1) is 16.5. The van der Waals surface area contributed by atoms with Crippen LogP contribution in [0.1, 0.15) is 33.8 Å². The molecule has 4 rings (SSSR count). The van der Waals surface area contributed by atoms with Gasteiger partial charge in [-0.2, -0.15) is 0 Å². The van der Waals surface area contributed by atoms with Crippen molar-refractivity contribution in [2.24, 2.45) is 0 Å². The van der Waals surface area contributed by atoms with E-state index in [2.05, 4.69) is 0 Å². The molecule has 0 spiro atoms. The van der Waals surface area contributed by atoms with Crippen LogP contribution in [0.5, 0.6) is 23.0 Å². The zero-order valence-electron chi connectivity index (χ0n) is 19.3. The van der Waals surface area contributed by atoms with Crippen LogP contribution in [-0.2, 0) is 14.3 Å². The van der Waals surface area contributed by atoms with Gasteiger partial charge in [0, 0.05) is 30.8 Å². The lowest BCUT2D eigenvalue weighted by Gasteiger charge is -2.25. The number of esters is 1. The van der Waals surface area contributed by atoms with Crippen molar-refractivity contribution < 1.29 is 38.4 Å². The first-order valence-electron chi connectivity index (χ1n) is 10.9. The highest BCUT2D eigenvalue weighted by Crippen LogP contribution is 2.47. The number of aromatic hydroxyl groups is 1. The van der Waals surface area contributed by atoms with E-state index in [1.165, 1.54) is 33.5 Å². The van der Waals surface area contributed by atoms with Gasteiger partial charge in [-0.15, -0.1) is 0 Å². The van der Waals surface area contributed by atoms with E-state index in [9.17, 15) is 14.7 Å². The van der Waals surface area contributed by atoms with Crippen molar-refractivity contribution in [3.05, 3.63) is 59.0 Å². The minimum Gasteiger partial charge on any atom is -0.508 e. The molecule has 0 radical (unpaired) electrons. The van der Waals surface area contributed by atoms with Crippen molar-refractivity contribution in [3.8, 4) is 23.0 Å². The number of nitrogens with zero attached hydrogens (tertiary/aromatic N) is 1. The molecule has 0 aliphatic carbocycles. The summed E-state index contributed by atoms with van der Waals surface area (Å²) in [4.78, 5) is 27.4. The summed E-state index contributed by atoms with van der Waals surface area (Å²) in [6.45, 7) is 2.42. The van der Waals surface area contributed by atoms with Crippen molar-refractivity contribution in [1.29, 1.82) is 0 Å². The summed E-state index contributed by atoms with van der Waals surface area (Å²) in [6, 6.07) is 8.19. The van der Waals surface area contributed by atoms with E-state index < -0.39 is 11.9 Å². The number of morpholine rings is 1. The molecule has 9 nitrogen and oxygen atoms in total. The number of allylic oxidation sites excluding steroid dienone is 1. The summed E-state index contributed by atoms with van der Waals surface area (Å²) >= 11 is 0. The van der Waals surface area contributed by atoms with Crippen LogP contribution >= 0.6 is 0 Å². The molecule has 1 fully saturated rings. The molecule has 0 bridgehead atoms. The molecule has 1 atom stereocenters. The van der Waals surface area contributed by atoms with Gasteiger partial charge in [0.2, 0.25) is 5.78 Å². The van der Waals surface area contributed by atoms with E-state index in [0.717, 1.165) is 0 Å². The molecule has 0 saturated carbocycles. The van der Waals surface area contributed by atoms with E-state index in [-0.39, 0.29) is 29.5 Å². The van der Waals surface area contributed by atoms with Crippen LogP contribution in [0.15, 0.2) is 42.3 Å². The summed E-state index contributed by atoms with van der Waals surface area (Å²) in [5.74, 6) is -0.154. The Morgan fingerprint density at radius 3 is 2.53 bits per heavy atom. The number of phenolic OH excluding ortho intramolecular Hbond substituents is 1. The standard InChI is InChI=1S/C25H27NO8/c1-30-19-7-4-15(12-20(19)31-2)17(13-22(28)32-3)23-18(27)6-5-16-24(29)21(34-25(16)23)14-26-8-10-33-11-9-26/h4-7,12,14,17,27H,8-11,13H2,1-3H3/b21-14-. The summed E-state index contributed by atoms with van der Waals surface area (Å²) in [7, 11) is 4.34. The molecule has 2 aliphatic rings. The Morgan fingerprint density at radius 2 is 1.85 bits per heavy atom. The molecule has 1 unspecified atom stereocenters. The molecule has 34 heavy (non-hydrogen) atoms. The first kappa shape index (κ1) is 23.4. The van der Waals surface area contributed by atoms with E-state index in [1.807, 2.05) is 4.90 Å².